The van der Waals surface area contributed by atoms with Gasteiger partial charge in [-0.25, -0.2) is 4.98 Å². The normalized spacial score (nSPS) is 11.9. The van der Waals surface area contributed by atoms with Crippen molar-refractivity contribution in [3.63, 3.8) is 0 Å². The summed E-state index contributed by atoms with van der Waals surface area (Å²) in [6.45, 7) is 3.77. The zero-order chi connectivity index (χ0) is 16.2. The molecule has 1 aromatic carbocycles. The molecular weight excluding hydrogens is 288 g/mol. The molecule has 0 aliphatic rings. The topological polar surface area (TPSA) is 59.8 Å². The van der Waals surface area contributed by atoms with Crippen LogP contribution in [0, 0.1) is 6.92 Å². The van der Waals surface area contributed by atoms with Crippen LogP contribution in [0.2, 0.25) is 0 Å². The van der Waals surface area contributed by atoms with Crippen molar-refractivity contribution >= 4 is 11.7 Å². The summed E-state index contributed by atoms with van der Waals surface area (Å²) in [7, 11) is 0. The molecular formula is C18H18N4O. The van der Waals surface area contributed by atoms with Crippen LogP contribution in [0.5, 0.6) is 0 Å². The van der Waals surface area contributed by atoms with E-state index in [2.05, 4.69) is 15.4 Å². The Morgan fingerprint density at radius 2 is 1.96 bits per heavy atom. The molecule has 23 heavy (non-hydrogen) atoms. The molecule has 5 nitrogen and oxygen atoms in total. The van der Waals surface area contributed by atoms with Crippen molar-refractivity contribution < 1.29 is 4.79 Å². The number of pyridine rings is 1. The number of hydrogen-bond acceptors (Lipinski definition) is 3. The van der Waals surface area contributed by atoms with Gasteiger partial charge in [0.15, 0.2) is 0 Å². The predicted molar refractivity (Wildman–Crippen MR) is 90.0 cm³/mol. The first-order chi connectivity index (χ1) is 11.1. The highest BCUT2D eigenvalue weighted by molar-refractivity contribution is 5.92. The summed E-state index contributed by atoms with van der Waals surface area (Å²) in [5, 5.41) is 7.13. The van der Waals surface area contributed by atoms with Crippen LogP contribution in [-0.2, 0) is 4.79 Å². The van der Waals surface area contributed by atoms with Crippen LogP contribution >= 0.6 is 0 Å². The Kier molecular flexibility index (Phi) is 4.19. The fraction of sp³-hybridized carbons (Fsp3) is 0.167. The highest BCUT2D eigenvalue weighted by atomic mass is 16.2. The van der Waals surface area contributed by atoms with Gasteiger partial charge in [0.2, 0.25) is 5.91 Å². The molecule has 0 fully saturated rings. The molecule has 0 saturated carbocycles. The van der Waals surface area contributed by atoms with Gasteiger partial charge >= 0.3 is 0 Å². The Morgan fingerprint density at radius 1 is 1.17 bits per heavy atom. The van der Waals surface area contributed by atoms with Crippen LogP contribution in [0.4, 0.5) is 5.82 Å². The second kappa shape index (κ2) is 6.44. The molecule has 5 heteroatoms. The first-order valence-electron chi connectivity index (χ1n) is 7.46. The molecule has 3 aromatic rings. The number of carbonyl (C=O) groups excluding carboxylic acids is 1. The summed E-state index contributed by atoms with van der Waals surface area (Å²) in [4.78, 5) is 16.5. The van der Waals surface area contributed by atoms with E-state index in [1.807, 2.05) is 62.5 Å². The number of aromatic nitrogens is 3. The zero-order valence-corrected chi connectivity index (χ0v) is 13.1. The minimum atomic E-state index is -0.422. The van der Waals surface area contributed by atoms with Crippen LogP contribution in [0.15, 0.2) is 61.1 Å². The SMILES string of the molecule is Cc1ccnc(NC(=O)[C@H](C)n2cc(-c3ccccc3)cn2)c1. The predicted octanol–water partition coefficient (Wildman–Crippen LogP) is 3.45. The lowest BCUT2D eigenvalue weighted by atomic mass is 10.1. The largest absolute Gasteiger partial charge is 0.309 e. The molecule has 2 aromatic heterocycles. The van der Waals surface area contributed by atoms with E-state index in [4.69, 9.17) is 0 Å². The number of hydrogen-bond donors (Lipinski definition) is 1. The van der Waals surface area contributed by atoms with Gasteiger partial charge in [-0.3, -0.25) is 9.48 Å². The first-order valence-corrected chi connectivity index (χ1v) is 7.46. The standard InChI is InChI=1S/C18H18N4O/c1-13-8-9-19-17(10-13)21-18(23)14(2)22-12-16(11-20-22)15-6-4-3-5-7-15/h3-12,14H,1-2H3,(H,19,21,23)/t14-/m0/s1. The van der Waals surface area contributed by atoms with Gasteiger partial charge in [-0.1, -0.05) is 30.3 Å². The van der Waals surface area contributed by atoms with Crippen LogP contribution in [0.25, 0.3) is 11.1 Å². The van der Waals surface area contributed by atoms with Crippen molar-refractivity contribution in [3.05, 3.63) is 66.6 Å². The lowest BCUT2D eigenvalue weighted by Gasteiger charge is -2.12. The lowest BCUT2D eigenvalue weighted by Crippen LogP contribution is -2.24. The van der Waals surface area contributed by atoms with E-state index in [-0.39, 0.29) is 5.91 Å². The summed E-state index contributed by atoms with van der Waals surface area (Å²) in [6.07, 6.45) is 5.32. The van der Waals surface area contributed by atoms with E-state index in [1.54, 1.807) is 17.1 Å². The van der Waals surface area contributed by atoms with Gasteiger partial charge in [-0.05, 0) is 37.1 Å². The van der Waals surface area contributed by atoms with E-state index in [0.29, 0.717) is 5.82 Å². The fourth-order valence-electron chi connectivity index (χ4n) is 2.28. The Hall–Kier alpha value is -2.95. The monoisotopic (exact) mass is 306 g/mol. The van der Waals surface area contributed by atoms with Crippen molar-refractivity contribution in [2.75, 3.05) is 5.32 Å². The van der Waals surface area contributed by atoms with Crippen molar-refractivity contribution in [3.8, 4) is 11.1 Å². The van der Waals surface area contributed by atoms with Gasteiger partial charge < -0.3 is 5.32 Å². The second-order valence-corrected chi connectivity index (χ2v) is 5.46. The molecule has 1 N–H and O–H groups in total. The molecule has 0 spiro atoms. The summed E-state index contributed by atoms with van der Waals surface area (Å²) in [5.74, 6) is 0.406. The molecule has 0 saturated heterocycles. The average Bonchev–Trinajstić information content (AvgIpc) is 3.05. The first kappa shape index (κ1) is 15.0. The van der Waals surface area contributed by atoms with Crippen molar-refractivity contribution in [2.45, 2.75) is 19.9 Å². The van der Waals surface area contributed by atoms with E-state index in [9.17, 15) is 4.79 Å². The molecule has 3 rings (SSSR count). The summed E-state index contributed by atoms with van der Waals surface area (Å²) in [6, 6.07) is 13.3. The molecule has 0 bridgehead atoms. The van der Waals surface area contributed by atoms with Crippen LogP contribution in [-0.4, -0.2) is 20.7 Å². The van der Waals surface area contributed by atoms with Gasteiger partial charge in [0.25, 0.3) is 0 Å². The fourth-order valence-corrected chi connectivity index (χ4v) is 2.28. The number of nitrogens with zero attached hydrogens (tertiary/aromatic N) is 3. The highest BCUT2D eigenvalue weighted by Crippen LogP contribution is 2.20. The number of rotatable bonds is 4. The molecule has 0 aliphatic carbocycles. The Labute approximate surface area is 135 Å². The average molecular weight is 306 g/mol. The molecule has 0 unspecified atom stereocenters. The number of anilines is 1. The maximum atomic E-state index is 12.4. The number of amides is 1. The number of nitrogens with one attached hydrogen (secondary N) is 1. The molecule has 1 amide bonds. The van der Waals surface area contributed by atoms with Gasteiger partial charge in [-0.2, -0.15) is 5.10 Å². The van der Waals surface area contributed by atoms with Gasteiger partial charge in [0, 0.05) is 18.0 Å². The summed E-state index contributed by atoms with van der Waals surface area (Å²) in [5.41, 5.74) is 3.11. The summed E-state index contributed by atoms with van der Waals surface area (Å²) >= 11 is 0. The van der Waals surface area contributed by atoms with Crippen LogP contribution < -0.4 is 5.32 Å². The Balaban J connectivity index is 1.74. The van der Waals surface area contributed by atoms with Gasteiger partial charge in [-0.15, -0.1) is 0 Å². The molecule has 0 aliphatic heterocycles. The number of aryl methyl sites for hydroxylation is 1. The quantitative estimate of drug-likeness (QED) is 0.803. The smallest absolute Gasteiger partial charge is 0.250 e. The maximum Gasteiger partial charge on any atom is 0.250 e. The third-order valence-electron chi connectivity index (χ3n) is 3.65. The van der Waals surface area contributed by atoms with Crippen molar-refractivity contribution in [2.24, 2.45) is 0 Å². The summed E-state index contributed by atoms with van der Waals surface area (Å²) < 4.78 is 1.66. The number of carbonyl (C=O) groups is 1. The molecule has 116 valence electrons. The van der Waals surface area contributed by atoms with Crippen LogP contribution in [0.3, 0.4) is 0 Å². The van der Waals surface area contributed by atoms with Crippen molar-refractivity contribution in [1.29, 1.82) is 0 Å². The molecule has 1 atom stereocenters. The van der Waals surface area contributed by atoms with E-state index < -0.39 is 6.04 Å². The third-order valence-corrected chi connectivity index (χ3v) is 3.65. The highest BCUT2D eigenvalue weighted by Gasteiger charge is 2.17. The molecule has 0 radical (unpaired) electrons. The van der Waals surface area contributed by atoms with E-state index in [1.165, 1.54) is 0 Å². The second-order valence-electron chi connectivity index (χ2n) is 5.46. The Morgan fingerprint density at radius 3 is 2.70 bits per heavy atom. The van der Waals surface area contributed by atoms with E-state index >= 15 is 0 Å². The minimum Gasteiger partial charge on any atom is -0.309 e. The Bertz CT molecular complexity index is 811. The van der Waals surface area contributed by atoms with Crippen LogP contribution in [0.1, 0.15) is 18.5 Å². The lowest BCUT2D eigenvalue weighted by molar-refractivity contribution is -0.119. The number of benzene rings is 1. The third kappa shape index (κ3) is 3.45. The molecule has 2 heterocycles. The van der Waals surface area contributed by atoms with Crippen molar-refractivity contribution in [1.82, 2.24) is 14.8 Å². The zero-order valence-electron chi connectivity index (χ0n) is 13.1. The van der Waals surface area contributed by atoms with Gasteiger partial charge in [0.1, 0.15) is 11.9 Å². The van der Waals surface area contributed by atoms with E-state index in [0.717, 1.165) is 16.7 Å². The minimum absolute atomic E-state index is 0.147. The maximum absolute atomic E-state index is 12.4. The van der Waals surface area contributed by atoms with Gasteiger partial charge in [0.05, 0.1) is 6.20 Å².